The molecular weight excluding hydrogens is 797 g/mol. The van der Waals surface area contributed by atoms with Gasteiger partial charge in [-0.3, -0.25) is 29.4 Å². The van der Waals surface area contributed by atoms with Crippen LogP contribution in [0.3, 0.4) is 0 Å². The van der Waals surface area contributed by atoms with E-state index in [0.717, 1.165) is 109 Å². The smallest absolute Gasteiger partial charge is 0.261 e. The van der Waals surface area contributed by atoms with Crippen molar-refractivity contribution in [2.45, 2.75) is 32.6 Å². The molecule has 11 nitrogen and oxygen atoms in total. The first-order valence-electron chi connectivity index (χ1n) is 21.7. The topological polar surface area (TPSA) is 143 Å². The van der Waals surface area contributed by atoms with Crippen molar-refractivity contribution in [3.8, 4) is 50.3 Å². The molecule has 4 aliphatic heterocycles. The summed E-state index contributed by atoms with van der Waals surface area (Å²) in [7, 11) is 0. The molecule has 64 heavy (non-hydrogen) atoms. The molecule has 5 aliphatic rings. The quantitative estimate of drug-likeness (QED) is 0.108. The Bertz CT molecular complexity index is 3180. The second-order valence-corrected chi connectivity index (χ2v) is 16.4. The predicted molar refractivity (Wildman–Crippen MR) is 249 cm³/mol. The van der Waals surface area contributed by atoms with Gasteiger partial charge in [0.2, 0.25) is 0 Å². The molecule has 1 atom stereocenters. The molecule has 1 unspecified atom stereocenters. The number of aromatic amines is 2. The highest BCUT2D eigenvalue weighted by molar-refractivity contribution is 6.21. The number of fused-ring (bicyclic) bond motifs is 8. The summed E-state index contributed by atoms with van der Waals surface area (Å²) in [4.78, 5) is 59.0. The van der Waals surface area contributed by atoms with Crippen LogP contribution < -0.4 is 4.74 Å². The number of nitrogens with one attached hydrogen (secondary N) is 2. The average molecular weight is 839 g/mol. The number of aryl methyl sites for hydroxylation is 2. The maximum absolute atomic E-state index is 13.1. The number of imide groups is 1. The number of allylic oxidation sites excluding steroid dienone is 1. The van der Waals surface area contributed by atoms with E-state index in [1.807, 2.05) is 98.5 Å². The van der Waals surface area contributed by atoms with E-state index in [-0.39, 0.29) is 17.7 Å². The van der Waals surface area contributed by atoms with Gasteiger partial charge in [-0.25, -0.2) is 9.97 Å². The van der Waals surface area contributed by atoms with E-state index < -0.39 is 0 Å². The Hall–Kier alpha value is -8.05. The van der Waals surface area contributed by atoms with Crippen molar-refractivity contribution in [1.29, 1.82) is 0 Å². The fourth-order valence-electron chi connectivity index (χ4n) is 9.38. The van der Waals surface area contributed by atoms with Crippen LogP contribution in [0.15, 0.2) is 133 Å². The number of ether oxygens (including phenoxy) is 1. The van der Waals surface area contributed by atoms with Gasteiger partial charge in [0.25, 0.3) is 11.8 Å². The molecule has 11 heteroatoms. The lowest BCUT2D eigenvalue weighted by molar-refractivity contribution is -0.137. The van der Waals surface area contributed by atoms with Crippen LogP contribution in [0, 0.1) is 5.92 Å². The predicted octanol–water partition coefficient (Wildman–Crippen LogP) is 10.0. The summed E-state index contributed by atoms with van der Waals surface area (Å²) in [5, 5.41) is 0. The van der Waals surface area contributed by atoms with Gasteiger partial charge < -0.3 is 14.7 Å². The number of benzene rings is 1. The van der Waals surface area contributed by atoms with Gasteiger partial charge in [-0.2, -0.15) is 0 Å². The first-order chi connectivity index (χ1) is 31.5. The molecule has 0 spiro atoms. The lowest BCUT2D eigenvalue weighted by Gasteiger charge is -2.16. The molecule has 1 aliphatic carbocycles. The Balaban J connectivity index is 1.03. The number of amides is 2. The summed E-state index contributed by atoms with van der Waals surface area (Å²) in [6.45, 7) is 2.65. The second-order valence-electron chi connectivity index (χ2n) is 16.4. The standard InChI is InChI=1S/C53H42N8O3/c1-32-4-2-5-38-47(32)53(63)61(52(38)62)30-3-31-64-37-8-6-33(7-9-37)48-39-10-12-41(57-39)49(34-18-24-54-25-19-34)43-14-16-45(59-43)51(36-22-28-56-29-23-36)46-17-15-44(60-46)50(35-20-26-55-27-21-35)42-13-11-40(48)58-42/h2,5-14,16,18-29,32,57,60H,3-4,15,17,30-31H2,1H3. The summed E-state index contributed by atoms with van der Waals surface area (Å²) in [5.74, 6) is 0.348. The molecule has 0 fully saturated rings. The van der Waals surface area contributed by atoms with Crippen LogP contribution in [0.5, 0.6) is 5.75 Å². The summed E-state index contributed by atoms with van der Waals surface area (Å²) < 4.78 is 6.19. The number of nitrogens with zero attached hydrogens (tertiary/aromatic N) is 6. The zero-order valence-electron chi connectivity index (χ0n) is 35.1. The van der Waals surface area contributed by atoms with Crippen LogP contribution in [0.25, 0.3) is 79.8 Å². The highest BCUT2D eigenvalue weighted by atomic mass is 16.5. The van der Waals surface area contributed by atoms with E-state index in [9.17, 15) is 9.59 Å². The summed E-state index contributed by atoms with van der Waals surface area (Å²) >= 11 is 0. The minimum atomic E-state index is -0.211. The highest BCUT2D eigenvalue weighted by Crippen LogP contribution is 2.39. The molecule has 1 aromatic carbocycles. The van der Waals surface area contributed by atoms with Crippen molar-refractivity contribution in [2.75, 3.05) is 13.2 Å². The van der Waals surface area contributed by atoms with Crippen LogP contribution in [-0.2, 0) is 22.4 Å². The fraction of sp³-hybridized carbons (Fsp3) is 0.151. The van der Waals surface area contributed by atoms with Crippen molar-refractivity contribution in [2.24, 2.45) is 5.92 Å². The van der Waals surface area contributed by atoms with Crippen molar-refractivity contribution >= 4 is 47.2 Å². The fourth-order valence-corrected chi connectivity index (χ4v) is 9.38. The molecule has 9 heterocycles. The monoisotopic (exact) mass is 838 g/mol. The largest absolute Gasteiger partial charge is 0.494 e. The zero-order valence-corrected chi connectivity index (χ0v) is 35.1. The van der Waals surface area contributed by atoms with Crippen molar-refractivity contribution < 1.29 is 14.3 Å². The van der Waals surface area contributed by atoms with Crippen molar-refractivity contribution in [1.82, 2.24) is 39.8 Å². The van der Waals surface area contributed by atoms with Crippen LogP contribution >= 0.6 is 0 Å². The van der Waals surface area contributed by atoms with Gasteiger partial charge in [-0.05, 0) is 139 Å². The van der Waals surface area contributed by atoms with Crippen molar-refractivity contribution in [3.05, 3.63) is 167 Å². The molecule has 8 bridgehead atoms. The van der Waals surface area contributed by atoms with Gasteiger partial charge in [0.05, 0.1) is 29.4 Å². The van der Waals surface area contributed by atoms with Crippen LogP contribution in [0.4, 0.5) is 0 Å². The molecule has 0 radical (unpaired) electrons. The van der Waals surface area contributed by atoms with E-state index in [2.05, 4.69) is 61.4 Å². The number of H-pyrrole nitrogens is 2. The van der Waals surface area contributed by atoms with Gasteiger partial charge in [0.1, 0.15) is 5.75 Å². The van der Waals surface area contributed by atoms with Crippen molar-refractivity contribution in [3.63, 3.8) is 0 Å². The molecule has 6 aromatic rings. The average Bonchev–Trinajstić information content (AvgIpc) is 4.20. The lowest BCUT2D eigenvalue weighted by atomic mass is 9.90. The maximum Gasteiger partial charge on any atom is 0.261 e. The molecule has 5 aromatic heterocycles. The third-order valence-corrected chi connectivity index (χ3v) is 12.4. The molecular formula is C53H42N8O3. The molecule has 312 valence electrons. The maximum atomic E-state index is 13.1. The number of carbonyl (C=O) groups excluding carboxylic acids is 2. The number of pyridine rings is 3. The van der Waals surface area contributed by atoms with E-state index in [4.69, 9.17) is 14.7 Å². The molecule has 0 saturated carbocycles. The van der Waals surface area contributed by atoms with Gasteiger partial charge in [-0.1, -0.05) is 31.2 Å². The second kappa shape index (κ2) is 16.3. The van der Waals surface area contributed by atoms with E-state index in [0.29, 0.717) is 36.5 Å². The summed E-state index contributed by atoms with van der Waals surface area (Å²) in [5.41, 5.74) is 16.4. The summed E-state index contributed by atoms with van der Waals surface area (Å²) in [6, 6.07) is 24.4. The number of rotatable bonds is 9. The zero-order chi connectivity index (χ0) is 43.1. The van der Waals surface area contributed by atoms with Gasteiger partial charge >= 0.3 is 0 Å². The minimum Gasteiger partial charge on any atom is -0.494 e. The Labute approximate surface area is 369 Å². The molecule has 0 saturated heterocycles. The van der Waals surface area contributed by atoms with Crippen LogP contribution in [0.2, 0.25) is 0 Å². The molecule has 2 amide bonds. The number of hydrogen-bond acceptors (Lipinski definition) is 8. The van der Waals surface area contributed by atoms with Gasteiger partial charge in [0, 0.05) is 99.5 Å². The Morgan fingerprint density at radius 2 is 1.06 bits per heavy atom. The lowest BCUT2D eigenvalue weighted by Crippen LogP contribution is -2.33. The van der Waals surface area contributed by atoms with E-state index >= 15 is 0 Å². The number of aromatic nitrogens is 7. The Morgan fingerprint density at radius 3 is 1.58 bits per heavy atom. The van der Waals surface area contributed by atoms with Gasteiger partial charge in [-0.15, -0.1) is 0 Å². The first kappa shape index (κ1) is 38.8. The summed E-state index contributed by atoms with van der Waals surface area (Å²) in [6.07, 6.45) is 25.9. The number of hydrogen-bond donors (Lipinski definition) is 2. The van der Waals surface area contributed by atoms with Crippen LogP contribution in [-0.4, -0.2) is 64.8 Å². The molecule has 11 rings (SSSR count). The first-order valence-corrected chi connectivity index (χ1v) is 21.7. The normalized spacial score (nSPS) is 15.8. The van der Waals surface area contributed by atoms with Crippen LogP contribution in [0.1, 0.15) is 53.9 Å². The third kappa shape index (κ3) is 7.00. The Morgan fingerprint density at radius 1 is 0.578 bits per heavy atom. The third-order valence-electron chi connectivity index (χ3n) is 12.4. The van der Waals surface area contributed by atoms with E-state index in [1.165, 1.54) is 4.90 Å². The Kier molecular flexibility index (Phi) is 9.91. The highest BCUT2D eigenvalue weighted by Gasteiger charge is 2.39. The SMILES string of the molecule is CC1CC=CC2=C1C(=O)N(CCCOc1ccc(-c3c4nc(c(-c5ccncc5)c5[nH]c(c(-c6ccncc6)c6nc(c(-c7ccncc7)c7ccc3[nH]7)C=C6)CC5)C=C4)cc1)C2=O. The number of carbonyl (C=O) groups is 2. The van der Waals surface area contributed by atoms with E-state index in [1.54, 1.807) is 18.5 Å². The minimum absolute atomic E-state index is 0.0466. The van der Waals surface area contributed by atoms with Gasteiger partial charge in [0.15, 0.2) is 0 Å². The molecule has 2 N–H and O–H groups in total.